The van der Waals surface area contributed by atoms with Gasteiger partial charge in [-0.15, -0.1) is 0 Å². The third kappa shape index (κ3) is 3.42. The number of ether oxygens (including phenoxy) is 1. The van der Waals surface area contributed by atoms with Crippen LogP contribution in [0, 0.1) is 0 Å². The molecular weight excluding hydrogens is 424 g/mol. The van der Waals surface area contributed by atoms with Crippen molar-refractivity contribution in [1.82, 2.24) is 5.32 Å². The number of hydrogen-bond donors (Lipinski definition) is 1. The van der Waals surface area contributed by atoms with E-state index in [1.165, 1.54) is 4.90 Å². The van der Waals surface area contributed by atoms with Crippen LogP contribution in [0.25, 0.3) is 0 Å². The Kier molecular flexibility index (Phi) is 5.06. The summed E-state index contributed by atoms with van der Waals surface area (Å²) in [5, 5.41) is 2.79. The Morgan fingerprint density at radius 1 is 1.11 bits per heavy atom. The number of amides is 2. The van der Waals surface area contributed by atoms with E-state index < -0.39 is 28.9 Å². The molecule has 3 rings (SSSR count). The molecule has 1 heterocycles. The molecule has 0 spiro atoms. The van der Waals surface area contributed by atoms with Gasteiger partial charge in [0.2, 0.25) is 0 Å². The summed E-state index contributed by atoms with van der Waals surface area (Å²) in [4.78, 5) is 40.8. The maximum atomic E-state index is 13.3. The number of fused-ring (bicyclic) bond motifs is 1. The number of benzene rings is 2. The highest BCUT2D eigenvalue weighted by Gasteiger charge is 2.59. The molecule has 0 bridgehead atoms. The van der Waals surface area contributed by atoms with Gasteiger partial charge >= 0.3 is 5.97 Å². The smallest absolute Gasteiger partial charge is 0.340 e. The molecular formula is C21H21BrN2O4. The molecule has 28 heavy (non-hydrogen) atoms. The second-order valence-electron chi connectivity index (χ2n) is 7.67. The van der Waals surface area contributed by atoms with Gasteiger partial charge in [-0.25, -0.2) is 4.79 Å². The van der Waals surface area contributed by atoms with E-state index in [0.717, 1.165) is 0 Å². The van der Waals surface area contributed by atoms with Crippen LogP contribution in [0.1, 0.15) is 36.7 Å². The zero-order chi connectivity index (χ0) is 20.7. The highest BCUT2D eigenvalue weighted by atomic mass is 79.9. The minimum absolute atomic E-state index is 0.254. The standard InChI is InChI=1S/C21H21BrN2O4/c1-20(2,3)23-18(26)21(28-17(25)13-8-6-5-7-9-13)15-12-14(22)10-11-16(15)24(4)19(21)27/h5-12H,1-4H3,(H,23,26). The number of rotatable bonds is 3. The van der Waals surface area contributed by atoms with Crippen LogP contribution in [0.4, 0.5) is 5.69 Å². The first-order chi connectivity index (χ1) is 13.1. The Labute approximate surface area is 172 Å². The molecule has 0 fully saturated rings. The van der Waals surface area contributed by atoms with Crippen molar-refractivity contribution in [3.8, 4) is 0 Å². The molecule has 0 saturated heterocycles. The van der Waals surface area contributed by atoms with Crippen LogP contribution in [-0.2, 0) is 19.9 Å². The number of nitrogens with zero attached hydrogens (tertiary/aromatic N) is 1. The second-order valence-corrected chi connectivity index (χ2v) is 8.58. The van der Waals surface area contributed by atoms with E-state index in [9.17, 15) is 14.4 Å². The topological polar surface area (TPSA) is 75.7 Å². The van der Waals surface area contributed by atoms with E-state index in [4.69, 9.17) is 4.74 Å². The maximum Gasteiger partial charge on any atom is 0.340 e. The fraction of sp³-hybridized carbons (Fsp3) is 0.286. The summed E-state index contributed by atoms with van der Waals surface area (Å²) in [5.41, 5.74) is -1.65. The Bertz CT molecular complexity index is 953. The van der Waals surface area contributed by atoms with E-state index in [-0.39, 0.29) is 5.56 Å². The molecule has 2 aromatic rings. The fourth-order valence-electron chi connectivity index (χ4n) is 3.11. The van der Waals surface area contributed by atoms with E-state index >= 15 is 0 Å². The van der Waals surface area contributed by atoms with Gasteiger partial charge in [-0.2, -0.15) is 0 Å². The van der Waals surface area contributed by atoms with Crippen LogP contribution < -0.4 is 10.2 Å². The van der Waals surface area contributed by atoms with Crippen LogP contribution in [-0.4, -0.2) is 30.4 Å². The van der Waals surface area contributed by atoms with Gasteiger partial charge < -0.3 is 15.0 Å². The molecule has 6 nitrogen and oxygen atoms in total. The summed E-state index contributed by atoms with van der Waals surface area (Å²) in [6.45, 7) is 5.38. The lowest BCUT2D eigenvalue weighted by Gasteiger charge is -2.31. The number of halogens is 1. The maximum absolute atomic E-state index is 13.3. The third-order valence-electron chi connectivity index (χ3n) is 4.37. The summed E-state index contributed by atoms with van der Waals surface area (Å²) >= 11 is 3.38. The highest BCUT2D eigenvalue weighted by Crippen LogP contribution is 2.44. The minimum Gasteiger partial charge on any atom is -0.430 e. The monoisotopic (exact) mass is 444 g/mol. The lowest BCUT2D eigenvalue weighted by Crippen LogP contribution is -2.57. The van der Waals surface area contributed by atoms with Gasteiger partial charge in [-0.1, -0.05) is 34.1 Å². The number of anilines is 1. The molecule has 7 heteroatoms. The predicted octanol–water partition coefficient (Wildman–Crippen LogP) is 3.39. The Morgan fingerprint density at radius 2 is 1.75 bits per heavy atom. The van der Waals surface area contributed by atoms with Crippen molar-refractivity contribution in [2.24, 2.45) is 0 Å². The Hall–Kier alpha value is -2.67. The van der Waals surface area contributed by atoms with Crippen molar-refractivity contribution < 1.29 is 19.1 Å². The zero-order valence-corrected chi connectivity index (χ0v) is 17.7. The van der Waals surface area contributed by atoms with Gasteiger partial charge in [-0.05, 0) is 51.1 Å². The van der Waals surface area contributed by atoms with Crippen molar-refractivity contribution >= 4 is 39.4 Å². The first kappa shape index (κ1) is 20.1. The SMILES string of the molecule is CN1C(=O)C(OC(=O)c2ccccc2)(C(=O)NC(C)(C)C)c2cc(Br)ccc21. The van der Waals surface area contributed by atoms with Gasteiger partial charge in [-0.3, -0.25) is 9.59 Å². The predicted molar refractivity (Wildman–Crippen MR) is 109 cm³/mol. The summed E-state index contributed by atoms with van der Waals surface area (Å²) in [5.74, 6) is -2.05. The van der Waals surface area contributed by atoms with E-state index in [2.05, 4.69) is 21.2 Å². The normalized spacial score (nSPS) is 18.6. The van der Waals surface area contributed by atoms with Gasteiger partial charge in [0, 0.05) is 22.6 Å². The number of carbonyl (C=O) groups is 3. The highest BCUT2D eigenvalue weighted by molar-refractivity contribution is 9.10. The van der Waals surface area contributed by atoms with Crippen LogP contribution in [0.2, 0.25) is 0 Å². The molecule has 1 aliphatic rings. The average molecular weight is 445 g/mol. The van der Waals surface area contributed by atoms with Crippen LogP contribution in [0.3, 0.4) is 0 Å². The quantitative estimate of drug-likeness (QED) is 0.581. The van der Waals surface area contributed by atoms with E-state index in [0.29, 0.717) is 15.7 Å². The number of esters is 1. The largest absolute Gasteiger partial charge is 0.430 e. The van der Waals surface area contributed by atoms with E-state index in [1.54, 1.807) is 76.3 Å². The van der Waals surface area contributed by atoms with Crippen molar-refractivity contribution in [2.75, 3.05) is 11.9 Å². The molecule has 0 aromatic heterocycles. The van der Waals surface area contributed by atoms with Crippen LogP contribution in [0.15, 0.2) is 53.0 Å². The summed E-state index contributed by atoms with van der Waals surface area (Å²) in [7, 11) is 1.55. The molecule has 1 N–H and O–H groups in total. The second kappa shape index (κ2) is 7.05. The van der Waals surface area contributed by atoms with Crippen molar-refractivity contribution in [2.45, 2.75) is 31.9 Å². The first-order valence-corrected chi connectivity index (χ1v) is 9.55. The first-order valence-electron chi connectivity index (χ1n) is 8.75. The Balaban J connectivity index is 2.16. The summed E-state index contributed by atoms with van der Waals surface area (Å²) in [6.07, 6.45) is 0. The number of likely N-dealkylation sites (N-methyl/N-ethyl adjacent to an activating group) is 1. The summed E-state index contributed by atoms with van der Waals surface area (Å²) in [6, 6.07) is 13.4. The molecule has 1 atom stereocenters. The van der Waals surface area contributed by atoms with Gasteiger partial charge in [0.25, 0.3) is 17.4 Å². The molecule has 146 valence electrons. The molecule has 2 aromatic carbocycles. The number of hydrogen-bond acceptors (Lipinski definition) is 4. The van der Waals surface area contributed by atoms with Crippen molar-refractivity contribution in [3.05, 3.63) is 64.1 Å². The molecule has 0 radical (unpaired) electrons. The summed E-state index contributed by atoms with van der Waals surface area (Å²) < 4.78 is 6.36. The molecule has 0 aliphatic carbocycles. The van der Waals surface area contributed by atoms with Gasteiger partial charge in [0.1, 0.15) is 0 Å². The minimum atomic E-state index is -2.10. The lowest BCUT2D eigenvalue weighted by atomic mass is 9.92. The fourth-order valence-corrected chi connectivity index (χ4v) is 3.47. The van der Waals surface area contributed by atoms with Crippen molar-refractivity contribution in [1.29, 1.82) is 0 Å². The van der Waals surface area contributed by atoms with Crippen molar-refractivity contribution in [3.63, 3.8) is 0 Å². The Morgan fingerprint density at radius 3 is 2.36 bits per heavy atom. The van der Waals surface area contributed by atoms with Crippen LogP contribution in [0.5, 0.6) is 0 Å². The number of nitrogens with one attached hydrogen (secondary N) is 1. The molecule has 2 amide bonds. The lowest BCUT2D eigenvalue weighted by molar-refractivity contribution is -0.153. The molecule has 1 aliphatic heterocycles. The van der Waals surface area contributed by atoms with E-state index in [1.807, 2.05) is 0 Å². The molecule has 0 saturated carbocycles. The average Bonchev–Trinajstić information content (AvgIpc) is 2.83. The van der Waals surface area contributed by atoms with Crippen LogP contribution >= 0.6 is 15.9 Å². The molecule has 1 unspecified atom stereocenters. The third-order valence-corrected chi connectivity index (χ3v) is 4.86. The number of carbonyl (C=O) groups excluding carboxylic acids is 3. The zero-order valence-electron chi connectivity index (χ0n) is 16.1. The van der Waals surface area contributed by atoms with Gasteiger partial charge in [0.15, 0.2) is 0 Å². The van der Waals surface area contributed by atoms with Gasteiger partial charge in [0.05, 0.1) is 11.3 Å².